The zero-order chi connectivity index (χ0) is 20.0. The van der Waals surface area contributed by atoms with Crippen LogP contribution in [0.5, 0.6) is 5.75 Å². The Hall–Kier alpha value is -2.13. The molecule has 0 aliphatic carbocycles. The zero-order valence-corrected chi connectivity index (χ0v) is 17.0. The van der Waals surface area contributed by atoms with Crippen molar-refractivity contribution in [1.29, 1.82) is 0 Å². The fourth-order valence-electron chi connectivity index (χ4n) is 2.32. The molecule has 0 saturated carbocycles. The molecule has 7 nitrogen and oxygen atoms in total. The van der Waals surface area contributed by atoms with Crippen molar-refractivity contribution < 1.29 is 23.3 Å². The average Bonchev–Trinajstić information content (AvgIpc) is 2.63. The molecule has 2 aromatic carbocycles. The molecule has 0 unspecified atom stereocenters. The lowest BCUT2D eigenvalue weighted by Gasteiger charge is -2.14. The van der Waals surface area contributed by atoms with Gasteiger partial charge in [-0.3, -0.25) is 4.79 Å². The van der Waals surface area contributed by atoms with Crippen LogP contribution in [0.2, 0.25) is 5.02 Å². The molecule has 1 amide bonds. The van der Waals surface area contributed by atoms with Gasteiger partial charge in [-0.1, -0.05) is 11.6 Å². The van der Waals surface area contributed by atoms with E-state index in [2.05, 4.69) is 5.32 Å². The minimum Gasteiger partial charge on any atom is -0.497 e. The van der Waals surface area contributed by atoms with Gasteiger partial charge >= 0.3 is 0 Å². The molecule has 0 spiro atoms. The molecule has 0 aromatic heterocycles. The number of anilines is 1. The van der Waals surface area contributed by atoms with Gasteiger partial charge in [0.2, 0.25) is 10.0 Å². The fourth-order valence-corrected chi connectivity index (χ4v) is 3.71. The molecular formula is C18H23ClN3O4S+. The summed E-state index contributed by atoms with van der Waals surface area (Å²) < 4.78 is 30.7. The standard InChI is InChI=1S/C18H22ClN3O4S/c1-22(2)27(24,25)17-10-14(6-9-16(17)19)21-18(23)12-20-11-13-4-7-15(26-3)8-5-13/h4-10,20H,11-12H2,1-3H3,(H,21,23)/p+1. The van der Waals surface area contributed by atoms with Crippen LogP contribution in [0.15, 0.2) is 47.4 Å². The van der Waals surface area contributed by atoms with Crippen LogP contribution in [0.1, 0.15) is 5.56 Å². The van der Waals surface area contributed by atoms with Gasteiger partial charge in [0, 0.05) is 25.3 Å². The minimum absolute atomic E-state index is 0.0471. The molecule has 3 N–H and O–H groups in total. The van der Waals surface area contributed by atoms with Crippen LogP contribution in [0.4, 0.5) is 5.69 Å². The molecule has 0 radical (unpaired) electrons. The lowest BCUT2D eigenvalue weighted by molar-refractivity contribution is -0.659. The maximum atomic E-state index is 12.3. The summed E-state index contributed by atoms with van der Waals surface area (Å²) in [5, 5.41) is 4.65. The van der Waals surface area contributed by atoms with Gasteiger partial charge in [-0.25, -0.2) is 12.7 Å². The van der Waals surface area contributed by atoms with E-state index in [1.165, 1.54) is 26.2 Å². The number of carbonyl (C=O) groups is 1. The lowest BCUT2D eigenvalue weighted by Crippen LogP contribution is -2.84. The van der Waals surface area contributed by atoms with E-state index in [9.17, 15) is 13.2 Å². The van der Waals surface area contributed by atoms with Crippen LogP contribution < -0.4 is 15.4 Å². The van der Waals surface area contributed by atoms with Crippen LogP contribution in [0, 0.1) is 0 Å². The molecule has 27 heavy (non-hydrogen) atoms. The summed E-state index contributed by atoms with van der Waals surface area (Å²) in [6.07, 6.45) is 0. The molecule has 0 heterocycles. The topological polar surface area (TPSA) is 92.3 Å². The van der Waals surface area contributed by atoms with E-state index in [1.807, 2.05) is 29.6 Å². The van der Waals surface area contributed by atoms with E-state index in [4.69, 9.17) is 16.3 Å². The number of methoxy groups -OCH3 is 1. The van der Waals surface area contributed by atoms with E-state index in [-0.39, 0.29) is 22.4 Å². The van der Waals surface area contributed by atoms with Crippen molar-refractivity contribution in [2.75, 3.05) is 33.1 Å². The van der Waals surface area contributed by atoms with Gasteiger partial charge in [0.15, 0.2) is 6.54 Å². The van der Waals surface area contributed by atoms with Gasteiger partial charge in [0.05, 0.1) is 12.1 Å². The number of carbonyl (C=O) groups excluding carboxylic acids is 1. The van der Waals surface area contributed by atoms with Crippen LogP contribution in [0.25, 0.3) is 0 Å². The third kappa shape index (κ3) is 5.67. The van der Waals surface area contributed by atoms with E-state index >= 15 is 0 Å². The predicted molar refractivity (Wildman–Crippen MR) is 104 cm³/mol. The second-order valence-corrected chi connectivity index (χ2v) is 8.55. The number of nitrogens with zero attached hydrogens (tertiary/aromatic N) is 1. The van der Waals surface area contributed by atoms with Crippen molar-refractivity contribution in [1.82, 2.24) is 4.31 Å². The number of sulfonamides is 1. The molecule has 0 saturated heterocycles. The Balaban J connectivity index is 1.95. The molecule has 146 valence electrons. The Morgan fingerprint density at radius 3 is 2.44 bits per heavy atom. The number of ether oxygens (including phenoxy) is 1. The Morgan fingerprint density at radius 2 is 1.85 bits per heavy atom. The highest BCUT2D eigenvalue weighted by molar-refractivity contribution is 7.89. The predicted octanol–water partition coefficient (Wildman–Crippen LogP) is 1.30. The van der Waals surface area contributed by atoms with Gasteiger partial charge in [-0.15, -0.1) is 0 Å². The van der Waals surface area contributed by atoms with Gasteiger partial charge < -0.3 is 15.4 Å². The first-order chi connectivity index (χ1) is 12.7. The summed E-state index contributed by atoms with van der Waals surface area (Å²) in [4.78, 5) is 12.1. The van der Waals surface area contributed by atoms with Gasteiger partial charge in [0.1, 0.15) is 17.2 Å². The first-order valence-corrected chi connectivity index (χ1v) is 10.0. The van der Waals surface area contributed by atoms with Crippen molar-refractivity contribution in [3.8, 4) is 5.75 Å². The molecule has 0 bridgehead atoms. The number of hydrogen-bond donors (Lipinski definition) is 2. The molecule has 0 atom stereocenters. The summed E-state index contributed by atoms with van der Waals surface area (Å²) in [6.45, 7) is 0.836. The molecule has 0 aliphatic rings. The van der Waals surface area contributed by atoms with Gasteiger partial charge in [-0.2, -0.15) is 0 Å². The normalized spacial score (nSPS) is 11.4. The molecule has 0 aliphatic heterocycles. The Labute approximate surface area is 164 Å². The van der Waals surface area contributed by atoms with Gasteiger partial charge in [0.25, 0.3) is 5.91 Å². The Bertz CT molecular complexity index is 899. The molecule has 0 fully saturated rings. The third-order valence-corrected chi connectivity index (χ3v) is 6.14. The summed E-state index contributed by atoms with van der Waals surface area (Å²) in [5.74, 6) is 0.543. The number of rotatable bonds is 8. The number of hydrogen-bond acceptors (Lipinski definition) is 4. The summed E-state index contributed by atoms with van der Waals surface area (Å²) >= 11 is 6.00. The van der Waals surface area contributed by atoms with Crippen LogP contribution in [0.3, 0.4) is 0 Å². The van der Waals surface area contributed by atoms with Crippen molar-refractivity contribution in [3.05, 3.63) is 53.1 Å². The van der Waals surface area contributed by atoms with E-state index < -0.39 is 10.0 Å². The SMILES string of the molecule is COc1ccc(C[NH2+]CC(=O)Nc2ccc(Cl)c(S(=O)(=O)N(C)C)c2)cc1. The van der Waals surface area contributed by atoms with Crippen molar-refractivity contribution in [2.24, 2.45) is 0 Å². The molecular weight excluding hydrogens is 390 g/mol. The number of nitrogens with one attached hydrogen (secondary N) is 1. The molecule has 2 rings (SSSR count). The number of nitrogens with two attached hydrogens (primary N) is 1. The van der Waals surface area contributed by atoms with Gasteiger partial charge in [-0.05, 0) is 42.5 Å². The quantitative estimate of drug-likeness (QED) is 0.683. The number of benzene rings is 2. The Morgan fingerprint density at radius 1 is 1.19 bits per heavy atom. The summed E-state index contributed by atoms with van der Waals surface area (Å²) in [5.41, 5.74) is 1.44. The first kappa shape index (κ1) is 21.2. The third-order valence-electron chi connectivity index (χ3n) is 3.84. The molecule has 2 aromatic rings. The number of halogens is 1. The van der Waals surface area contributed by atoms with Crippen LogP contribution in [-0.2, 0) is 21.4 Å². The lowest BCUT2D eigenvalue weighted by atomic mass is 10.2. The fraction of sp³-hybridized carbons (Fsp3) is 0.278. The average molecular weight is 413 g/mol. The largest absolute Gasteiger partial charge is 0.497 e. The Kier molecular flexibility index (Phi) is 7.20. The van der Waals surface area contributed by atoms with E-state index in [1.54, 1.807) is 13.2 Å². The smallest absolute Gasteiger partial charge is 0.279 e. The second-order valence-electron chi connectivity index (χ2n) is 6.03. The number of quaternary nitrogens is 1. The highest BCUT2D eigenvalue weighted by Crippen LogP contribution is 2.26. The van der Waals surface area contributed by atoms with Crippen molar-refractivity contribution in [2.45, 2.75) is 11.4 Å². The van der Waals surface area contributed by atoms with E-state index in [0.717, 1.165) is 15.6 Å². The minimum atomic E-state index is -3.69. The maximum absolute atomic E-state index is 12.3. The summed E-state index contributed by atoms with van der Waals surface area (Å²) in [6, 6.07) is 12.0. The van der Waals surface area contributed by atoms with Crippen LogP contribution >= 0.6 is 11.6 Å². The number of amides is 1. The maximum Gasteiger partial charge on any atom is 0.279 e. The van der Waals surface area contributed by atoms with Crippen molar-refractivity contribution >= 4 is 33.2 Å². The second kappa shape index (κ2) is 9.18. The van der Waals surface area contributed by atoms with E-state index in [0.29, 0.717) is 12.2 Å². The molecule has 9 heteroatoms. The van der Waals surface area contributed by atoms with Crippen LogP contribution in [-0.4, -0.2) is 46.4 Å². The first-order valence-electron chi connectivity index (χ1n) is 8.20. The highest BCUT2D eigenvalue weighted by atomic mass is 35.5. The zero-order valence-electron chi connectivity index (χ0n) is 15.4. The van der Waals surface area contributed by atoms with Crippen molar-refractivity contribution in [3.63, 3.8) is 0 Å². The highest BCUT2D eigenvalue weighted by Gasteiger charge is 2.21. The monoisotopic (exact) mass is 412 g/mol. The summed E-state index contributed by atoms with van der Waals surface area (Å²) in [7, 11) is 0.759.